The van der Waals surface area contributed by atoms with E-state index in [1.807, 2.05) is 96.1 Å². The summed E-state index contributed by atoms with van der Waals surface area (Å²) >= 11 is 0. The molecule has 56 heavy (non-hydrogen) atoms. The van der Waals surface area contributed by atoms with E-state index in [0.29, 0.717) is 37.0 Å². The van der Waals surface area contributed by atoms with Crippen LogP contribution >= 0.6 is 0 Å². The van der Waals surface area contributed by atoms with Crippen LogP contribution < -0.4 is 10.1 Å². The summed E-state index contributed by atoms with van der Waals surface area (Å²) in [7, 11) is 5.37. The van der Waals surface area contributed by atoms with E-state index in [2.05, 4.69) is 5.32 Å². The van der Waals surface area contributed by atoms with Gasteiger partial charge in [0.2, 0.25) is 0 Å². The molecule has 1 amide bonds. The molecular weight excluding hydrogens is 716 g/mol. The molecule has 0 unspecified atom stereocenters. The van der Waals surface area contributed by atoms with E-state index in [4.69, 9.17) is 28.4 Å². The molecule has 2 aromatic rings. The third-order valence-electron chi connectivity index (χ3n) is 11.1. The number of likely N-dealkylation sites (N-methyl/N-ethyl adjacent to an activating group) is 1. The number of hydrogen-bond acceptors (Lipinski definition) is 11. The minimum Gasteiger partial charge on any atom is -0.494 e. The Morgan fingerprint density at radius 3 is 2.39 bits per heavy atom. The highest BCUT2D eigenvalue weighted by Gasteiger charge is 2.47. The van der Waals surface area contributed by atoms with Gasteiger partial charge < -0.3 is 43.7 Å². The Hall–Kier alpha value is -3.81. The molecular formula is C44H64N2O10. The number of fused-ring (bicyclic) bond motifs is 1. The molecule has 2 aliphatic rings. The zero-order valence-electron chi connectivity index (χ0n) is 35.1. The molecule has 10 atom stereocenters. The molecule has 0 spiro atoms. The van der Waals surface area contributed by atoms with E-state index < -0.39 is 59.7 Å². The van der Waals surface area contributed by atoms with Crippen LogP contribution in [0.4, 0.5) is 4.79 Å². The SMILES string of the molecule is CC[C@H]1OC(=O)/C(C)=C/[C@H](C)[C@@H](O[C@@H]2O[C@H](C)C[C@H](N(C)C)[C@H]2O)[C@](C)(OC)C[C@@H](C)C(=O)/C(C)=C/[C@]1(C)OC(=O)NCCCOc1ccc2ccccc2c1. The van der Waals surface area contributed by atoms with Crippen molar-refractivity contribution >= 4 is 28.6 Å². The fourth-order valence-electron chi connectivity index (χ4n) is 8.04. The maximum Gasteiger partial charge on any atom is 0.408 e. The summed E-state index contributed by atoms with van der Waals surface area (Å²) < 4.78 is 37.0. The second-order valence-corrected chi connectivity index (χ2v) is 16.2. The lowest BCUT2D eigenvalue weighted by Gasteiger charge is -2.46. The summed E-state index contributed by atoms with van der Waals surface area (Å²) in [4.78, 5) is 43.1. The van der Waals surface area contributed by atoms with Crippen LogP contribution in [0.1, 0.15) is 81.1 Å². The number of nitrogens with zero attached hydrogens (tertiary/aromatic N) is 1. The monoisotopic (exact) mass is 780 g/mol. The Morgan fingerprint density at radius 1 is 1.04 bits per heavy atom. The van der Waals surface area contributed by atoms with Gasteiger partial charge >= 0.3 is 12.1 Å². The summed E-state index contributed by atoms with van der Waals surface area (Å²) in [6.07, 6.45) is 0.502. The predicted octanol–water partition coefficient (Wildman–Crippen LogP) is 6.77. The third kappa shape index (κ3) is 11.2. The van der Waals surface area contributed by atoms with Gasteiger partial charge in [0.15, 0.2) is 17.7 Å². The van der Waals surface area contributed by atoms with E-state index in [1.165, 1.54) is 0 Å². The van der Waals surface area contributed by atoms with Crippen molar-refractivity contribution < 1.29 is 47.9 Å². The number of amides is 1. The first-order valence-corrected chi connectivity index (χ1v) is 19.8. The van der Waals surface area contributed by atoms with Gasteiger partial charge in [-0.05, 0) is 109 Å². The van der Waals surface area contributed by atoms with Gasteiger partial charge in [0, 0.05) is 37.1 Å². The number of allylic oxidation sites excluding steroid dienone is 1. The highest BCUT2D eigenvalue weighted by atomic mass is 16.7. The van der Waals surface area contributed by atoms with Crippen molar-refractivity contribution in [2.24, 2.45) is 11.8 Å². The van der Waals surface area contributed by atoms with Crippen LogP contribution in [-0.4, -0.2) is 110 Å². The number of carbonyl (C=O) groups is 3. The van der Waals surface area contributed by atoms with Crippen LogP contribution in [0.5, 0.6) is 5.75 Å². The first kappa shape index (κ1) is 44.9. The van der Waals surface area contributed by atoms with Crippen molar-refractivity contribution in [1.82, 2.24) is 10.2 Å². The van der Waals surface area contributed by atoms with Gasteiger partial charge in [0.1, 0.15) is 18.0 Å². The maximum absolute atomic E-state index is 14.1. The molecule has 12 nitrogen and oxygen atoms in total. The molecule has 4 rings (SSSR count). The first-order chi connectivity index (χ1) is 26.4. The Labute approximate surface area is 332 Å². The molecule has 2 N–H and O–H groups in total. The predicted molar refractivity (Wildman–Crippen MR) is 215 cm³/mol. The Kier molecular flexibility index (Phi) is 15.7. The summed E-state index contributed by atoms with van der Waals surface area (Å²) in [6.45, 7) is 15.0. The number of hydrogen-bond donors (Lipinski definition) is 2. The van der Waals surface area contributed by atoms with Gasteiger partial charge in [0.25, 0.3) is 0 Å². The van der Waals surface area contributed by atoms with Crippen LogP contribution in [0.25, 0.3) is 10.8 Å². The highest BCUT2D eigenvalue weighted by Crippen LogP contribution is 2.37. The number of esters is 1. The van der Waals surface area contributed by atoms with Crippen LogP contribution in [0.2, 0.25) is 0 Å². The lowest BCUT2D eigenvalue weighted by Crippen LogP contribution is -2.58. The average Bonchev–Trinajstić information content (AvgIpc) is 3.15. The van der Waals surface area contributed by atoms with Gasteiger partial charge in [-0.25, -0.2) is 9.59 Å². The fraction of sp³-hybridized carbons (Fsp3) is 0.614. The van der Waals surface area contributed by atoms with Gasteiger partial charge in [-0.15, -0.1) is 0 Å². The molecule has 0 aliphatic carbocycles. The van der Waals surface area contributed by atoms with Gasteiger partial charge in [-0.3, -0.25) is 4.79 Å². The zero-order chi connectivity index (χ0) is 41.4. The molecule has 0 radical (unpaired) electrons. The van der Waals surface area contributed by atoms with E-state index in [0.717, 1.165) is 16.5 Å². The molecule has 2 aromatic carbocycles. The second-order valence-electron chi connectivity index (χ2n) is 16.2. The minimum absolute atomic E-state index is 0.182. The van der Waals surface area contributed by atoms with Crippen molar-refractivity contribution in [3.05, 3.63) is 65.8 Å². The van der Waals surface area contributed by atoms with E-state index in [1.54, 1.807) is 40.0 Å². The normalized spacial score (nSPS) is 34.1. The van der Waals surface area contributed by atoms with Crippen molar-refractivity contribution in [3.8, 4) is 5.75 Å². The van der Waals surface area contributed by atoms with E-state index in [-0.39, 0.29) is 30.9 Å². The smallest absolute Gasteiger partial charge is 0.408 e. The molecule has 1 fully saturated rings. The summed E-state index contributed by atoms with van der Waals surface area (Å²) in [5.74, 6) is -1.08. The highest BCUT2D eigenvalue weighted by molar-refractivity contribution is 5.96. The van der Waals surface area contributed by atoms with E-state index >= 15 is 0 Å². The standard InChI is InChI=1S/C44H64N2O10/c1-12-36-43(7,56-42(50)45-20-15-21-52-34-19-18-32-16-13-14-17-33(32)24-34)25-29(4)37(47)30(5)26-44(8,51-11)39(27(2)22-28(3)40(49)54-36)55-41-38(48)35(46(9)10)23-31(6)53-41/h13-14,16-19,22,24-25,27,30-31,35-36,38-39,41,48H,12,15,20-21,23,26H2,1-11H3,(H,45,50)/b28-22+,29-25+/t27-,30+,31+,35-,36+,38+,39+,41-,43-,44+/m0/s1. The van der Waals surface area contributed by atoms with Crippen LogP contribution in [0, 0.1) is 11.8 Å². The molecule has 0 saturated carbocycles. The van der Waals surface area contributed by atoms with Gasteiger partial charge in [0.05, 0.1) is 24.4 Å². The molecule has 310 valence electrons. The summed E-state index contributed by atoms with van der Waals surface area (Å²) in [5, 5.41) is 16.3. The number of carbonyl (C=O) groups excluding carboxylic acids is 3. The quantitative estimate of drug-likeness (QED) is 0.184. The van der Waals surface area contributed by atoms with Crippen molar-refractivity contribution in [1.29, 1.82) is 0 Å². The number of methoxy groups -OCH3 is 1. The average molecular weight is 781 g/mol. The number of rotatable bonds is 11. The molecule has 12 heteroatoms. The molecule has 0 bridgehead atoms. The lowest BCUT2D eigenvalue weighted by atomic mass is 9.79. The fourth-order valence-corrected chi connectivity index (χ4v) is 8.04. The van der Waals surface area contributed by atoms with Gasteiger partial charge in [-0.1, -0.05) is 57.2 Å². The first-order valence-electron chi connectivity index (χ1n) is 19.8. The number of cyclic esters (lactones) is 1. The minimum atomic E-state index is -1.49. The molecule has 2 heterocycles. The molecule has 0 aromatic heterocycles. The molecule has 2 aliphatic heterocycles. The van der Waals surface area contributed by atoms with Crippen LogP contribution in [-0.2, 0) is 33.3 Å². The second kappa shape index (κ2) is 19.6. The van der Waals surface area contributed by atoms with Crippen molar-refractivity contribution in [2.75, 3.05) is 34.4 Å². The van der Waals surface area contributed by atoms with Crippen LogP contribution in [0.15, 0.2) is 65.8 Å². The zero-order valence-corrected chi connectivity index (χ0v) is 35.1. The summed E-state index contributed by atoms with van der Waals surface area (Å²) in [6, 6.07) is 13.7. The number of aliphatic hydroxyl groups is 1. The molecule has 1 saturated heterocycles. The lowest BCUT2D eigenvalue weighted by molar-refractivity contribution is -0.294. The van der Waals surface area contributed by atoms with Crippen molar-refractivity contribution in [3.63, 3.8) is 0 Å². The number of alkyl carbamates (subject to hydrolysis) is 1. The number of benzene rings is 2. The topological polar surface area (TPSA) is 142 Å². The van der Waals surface area contributed by atoms with Crippen molar-refractivity contribution in [2.45, 2.75) is 129 Å². The Balaban J connectivity index is 1.54. The van der Waals surface area contributed by atoms with E-state index in [9.17, 15) is 19.5 Å². The third-order valence-corrected chi connectivity index (χ3v) is 11.1. The number of ketones is 1. The number of Topliss-reactive ketones (excluding diaryl/α,β-unsaturated/α-hetero) is 1. The Bertz CT molecular complexity index is 1730. The largest absolute Gasteiger partial charge is 0.494 e. The summed E-state index contributed by atoms with van der Waals surface area (Å²) in [5.41, 5.74) is -1.91. The maximum atomic E-state index is 14.1. The number of aliphatic hydroxyl groups excluding tert-OH is 1. The van der Waals surface area contributed by atoms with Crippen LogP contribution in [0.3, 0.4) is 0 Å². The van der Waals surface area contributed by atoms with Gasteiger partial charge in [-0.2, -0.15) is 0 Å². The number of ether oxygens (including phenoxy) is 6. The Morgan fingerprint density at radius 2 is 1.73 bits per heavy atom. The number of nitrogens with one attached hydrogen (secondary N) is 1.